The topological polar surface area (TPSA) is 167 Å². The summed E-state index contributed by atoms with van der Waals surface area (Å²) in [5.41, 5.74) is 0.230. The van der Waals surface area contributed by atoms with E-state index in [2.05, 4.69) is 22.6 Å². The van der Waals surface area contributed by atoms with Crippen LogP contribution in [0, 0.1) is 5.82 Å². The van der Waals surface area contributed by atoms with Crippen LogP contribution in [0.25, 0.3) is 11.1 Å². The zero-order valence-corrected chi connectivity index (χ0v) is 26.4. The molecule has 0 aliphatic rings. The van der Waals surface area contributed by atoms with E-state index in [1.54, 1.807) is 24.3 Å². The average Bonchev–Trinajstić information content (AvgIpc) is 3.06. The molecule has 0 atom stereocenters. The molecular formula is C33H35FO13. The van der Waals surface area contributed by atoms with Gasteiger partial charge < -0.3 is 33.2 Å². The van der Waals surface area contributed by atoms with Crippen LogP contribution in [-0.4, -0.2) is 83.1 Å². The Kier molecular flexibility index (Phi) is 14.4. The molecule has 0 aromatic heterocycles. The number of hydrogen-bond acceptors (Lipinski definition) is 13. The Bertz CT molecular complexity index is 1480. The lowest BCUT2D eigenvalue weighted by Gasteiger charge is -2.33. The Hall–Kier alpha value is -5.37. The van der Waals surface area contributed by atoms with E-state index in [0.717, 1.165) is 20.3 Å². The van der Waals surface area contributed by atoms with Gasteiger partial charge in [0.25, 0.3) is 0 Å². The molecule has 2 aromatic rings. The third-order valence-corrected chi connectivity index (χ3v) is 6.51. The zero-order valence-electron chi connectivity index (χ0n) is 26.4. The summed E-state index contributed by atoms with van der Waals surface area (Å²) in [7, 11) is 1.98. The van der Waals surface area contributed by atoms with E-state index in [4.69, 9.17) is 23.7 Å². The maximum absolute atomic E-state index is 14.8. The van der Waals surface area contributed by atoms with Crippen LogP contribution in [0.15, 0.2) is 66.8 Å². The number of hydrogen-bond donors (Lipinski definition) is 0. The smallest absolute Gasteiger partial charge is 0.417 e. The van der Waals surface area contributed by atoms with Crippen molar-refractivity contribution in [3.8, 4) is 16.9 Å². The van der Waals surface area contributed by atoms with Crippen molar-refractivity contribution in [2.75, 3.05) is 47.3 Å². The molecule has 0 saturated carbocycles. The summed E-state index contributed by atoms with van der Waals surface area (Å²) in [6.07, 6.45) is -0.0128. The van der Waals surface area contributed by atoms with Crippen molar-refractivity contribution in [3.05, 3.63) is 78.1 Å². The number of halogens is 1. The third-order valence-electron chi connectivity index (χ3n) is 6.51. The first-order valence-electron chi connectivity index (χ1n) is 13.9. The van der Waals surface area contributed by atoms with Crippen molar-refractivity contribution in [1.29, 1.82) is 0 Å². The molecular weight excluding hydrogens is 623 g/mol. The van der Waals surface area contributed by atoms with Crippen LogP contribution in [0.5, 0.6) is 5.75 Å². The second-order valence-electron chi connectivity index (χ2n) is 10.1. The van der Waals surface area contributed by atoms with E-state index in [1.807, 2.05) is 0 Å². The van der Waals surface area contributed by atoms with Crippen LogP contribution < -0.4 is 4.74 Å². The van der Waals surface area contributed by atoms with Crippen molar-refractivity contribution < 1.29 is 66.3 Å². The van der Waals surface area contributed by atoms with Gasteiger partial charge in [0.05, 0.1) is 26.2 Å². The highest BCUT2D eigenvalue weighted by Gasteiger charge is 2.38. The molecule has 0 spiro atoms. The summed E-state index contributed by atoms with van der Waals surface area (Å²) in [6.45, 7) is 8.60. The minimum absolute atomic E-state index is 0.0128. The van der Waals surface area contributed by atoms with E-state index in [1.165, 1.54) is 26.0 Å². The molecule has 0 aliphatic heterocycles. The van der Waals surface area contributed by atoms with Crippen LogP contribution in [-0.2, 0) is 62.6 Å². The largest absolute Gasteiger partial charge is 0.461 e. The number of benzene rings is 2. The van der Waals surface area contributed by atoms with Gasteiger partial charge in [0.2, 0.25) is 0 Å². The molecule has 13 nitrogen and oxygen atoms in total. The normalized spacial score (nSPS) is 10.7. The third kappa shape index (κ3) is 11.2. The molecule has 0 radical (unpaired) electrons. The van der Waals surface area contributed by atoms with Gasteiger partial charge in [-0.25, -0.2) is 33.2 Å². The maximum atomic E-state index is 14.8. The molecule has 252 valence electrons. The number of ether oxygens (including phenoxy) is 7. The van der Waals surface area contributed by atoms with Crippen LogP contribution in [0.3, 0.4) is 0 Å². The van der Waals surface area contributed by atoms with Gasteiger partial charge in [-0.3, -0.25) is 0 Å². The lowest BCUT2D eigenvalue weighted by molar-refractivity contribution is -0.171. The van der Waals surface area contributed by atoms with Gasteiger partial charge in [-0.05, 0) is 49.1 Å². The van der Waals surface area contributed by atoms with Gasteiger partial charge in [-0.1, -0.05) is 43.5 Å². The van der Waals surface area contributed by atoms with Crippen molar-refractivity contribution in [2.24, 2.45) is 0 Å². The minimum atomic E-state index is -1.41. The summed E-state index contributed by atoms with van der Waals surface area (Å²) in [5, 5.41) is 0. The van der Waals surface area contributed by atoms with Gasteiger partial charge >= 0.3 is 35.8 Å². The molecule has 0 N–H and O–H groups in total. The van der Waals surface area contributed by atoms with Crippen molar-refractivity contribution >= 4 is 35.8 Å². The van der Waals surface area contributed by atoms with E-state index in [0.29, 0.717) is 16.7 Å². The highest BCUT2D eigenvalue weighted by Crippen LogP contribution is 2.33. The van der Waals surface area contributed by atoms with E-state index in [-0.39, 0.29) is 43.1 Å². The summed E-state index contributed by atoms with van der Waals surface area (Å²) < 4.78 is 49.6. The lowest BCUT2D eigenvalue weighted by Crippen LogP contribution is -2.41. The molecule has 0 saturated heterocycles. The molecule has 14 heteroatoms. The van der Waals surface area contributed by atoms with Crippen molar-refractivity contribution in [2.45, 2.75) is 25.7 Å². The molecule has 0 heterocycles. The van der Waals surface area contributed by atoms with E-state index < -0.39 is 60.3 Å². The first-order chi connectivity index (χ1) is 22.2. The number of carbonyl (C=O) groups excluding carboxylic acids is 6. The van der Waals surface area contributed by atoms with E-state index in [9.17, 15) is 33.2 Å². The highest BCUT2D eigenvalue weighted by molar-refractivity contribution is 6.30. The van der Waals surface area contributed by atoms with Gasteiger partial charge in [-0.2, -0.15) is 0 Å². The molecule has 0 aliphatic carbocycles. The monoisotopic (exact) mass is 658 g/mol. The number of esters is 6. The van der Waals surface area contributed by atoms with Crippen molar-refractivity contribution in [1.82, 2.24) is 0 Å². The van der Waals surface area contributed by atoms with Crippen LogP contribution in [0.1, 0.15) is 25.8 Å². The highest BCUT2D eigenvalue weighted by atomic mass is 19.1. The molecule has 0 amide bonds. The summed E-state index contributed by atoms with van der Waals surface area (Å²) in [6, 6.07) is 10.3. The molecule has 2 rings (SSSR count). The van der Waals surface area contributed by atoms with Crippen molar-refractivity contribution in [3.63, 3.8) is 0 Å². The summed E-state index contributed by atoms with van der Waals surface area (Å²) in [5.74, 6) is -7.69. The van der Waals surface area contributed by atoms with E-state index >= 15 is 0 Å². The number of carbonyl (C=O) groups is 6. The fourth-order valence-corrected chi connectivity index (χ4v) is 3.84. The fourth-order valence-electron chi connectivity index (χ4n) is 3.84. The molecule has 0 unspecified atom stereocenters. The van der Waals surface area contributed by atoms with Gasteiger partial charge in [0, 0.05) is 17.8 Å². The quantitative estimate of drug-likeness (QED) is 0.0684. The fraction of sp³-hybridized carbons (Fsp3) is 0.333. The Balaban J connectivity index is 2.42. The Labute approximate surface area is 270 Å². The second kappa shape index (κ2) is 17.9. The minimum Gasteiger partial charge on any atom is -0.461 e. The van der Waals surface area contributed by atoms with Crippen LogP contribution in [0.4, 0.5) is 4.39 Å². The van der Waals surface area contributed by atoms with Gasteiger partial charge in [0.15, 0.2) is 11.6 Å². The Morgan fingerprint density at radius 1 is 0.660 bits per heavy atom. The van der Waals surface area contributed by atoms with Crippen LogP contribution >= 0.6 is 0 Å². The van der Waals surface area contributed by atoms with Gasteiger partial charge in [0.1, 0.15) is 19.8 Å². The number of rotatable bonds is 15. The molecule has 2 aromatic carbocycles. The SMILES string of the molecule is C=C(C)C(=O)OCCOCCC(COC(=O)C(=O)OC)(COC(=O)C(=O)OC)c1ccc(-c2ccc(OC(=O)C(=C)C)c(F)c2)cc1. The van der Waals surface area contributed by atoms with Crippen LogP contribution in [0.2, 0.25) is 0 Å². The second-order valence-corrected chi connectivity index (χ2v) is 10.1. The summed E-state index contributed by atoms with van der Waals surface area (Å²) >= 11 is 0. The maximum Gasteiger partial charge on any atom is 0.417 e. The average molecular weight is 659 g/mol. The Morgan fingerprint density at radius 2 is 1.19 bits per heavy atom. The molecule has 47 heavy (non-hydrogen) atoms. The number of methoxy groups -OCH3 is 2. The standard InChI is InChI=1S/C33H35FO13/c1-20(2)27(35)44-16-15-43-14-13-33(18-45-31(39)29(37)41-5,19-46-32(40)30(38)42-6)24-10-7-22(8-11-24)23-9-12-26(25(34)17-23)47-28(36)21(3)4/h7-12,17H,1,3,13-16,18-19H2,2,4-6H3. The zero-order chi connectivity index (χ0) is 35.1. The van der Waals surface area contributed by atoms with Gasteiger partial charge in [-0.15, -0.1) is 0 Å². The summed E-state index contributed by atoms with van der Waals surface area (Å²) in [4.78, 5) is 71.4. The molecule has 0 bridgehead atoms. The first-order valence-corrected chi connectivity index (χ1v) is 13.9. The Morgan fingerprint density at radius 3 is 1.68 bits per heavy atom. The predicted octanol–water partition coefficient (Wildman–Crippen LogP) is 3.17. The first kappa shape index (κ1) is 37.8. The molecule has 0 fully saturated rings. The lowest BCUT2D eigenvalue weighted by atomic mass is 9.78. The predicted molar refractivity (Wildman–Crippen MR) is 161 cm³/mol.